The van der Waals surface area contributed by atoms with Crippen molar-refractivity contribution in [2.45, 2.75) is 39.3 Å². The van der Waals surface area contributed by atoms with Gasteiger partial charge in [-0.05, 0) is 69.2 Å². The highest BCUT2D eigenvalue weighted by Gasteiger charge is 2.35. The molecule has 1 fully saturated rings. The number of ether oxygens (including phenoxy) is 1. The van der Waals surface area contributed by atoms with E-state index >= 15 is 0 Å². The van der Waals surface area contributed by atoms with Gasteiger partial charge < -0.3 is 15.0 Å². The number of aromatic nitrogens is 2. The van der Waals surface area contributed by atoms with Gasteiger partial charge in [-0.3, -0.25) is 9.48 Å². The molecule has 36 heavy (non-hydrogen) atoms. The van der Waals surface area contributed by atoms with E-state index in [4.69, 9.17) is 4.74 Å². The Morgan fingerprint density at radius 3 is 2.36 bits per heavy atom. The zero-order valence-electron chi connectivity index (χ0n) is 21.2. The Bertz CT molecular complexity index is 1330. The van der Waals surface area contributed by atoms with Crippen LogP contribution in [0.15, 0.2) is 53.7 Å². The minimum Gasteiger partial charge on any atom is -0.494 e. The summed E-state index contributed by atoms with van der Waals surface area (Å²) in [5.74, 6) is 0.170. The lowest BCUT2D eigenvalue weighted by Gasteiger charge is -2.36. The van der Waals surface area contributed by atoms with Crippen LogP contribution in [0, 0.1) is 13.8 Å². The van der Waals surface area contributed by atoms with Gasteiger partial charge in [-0.1, -0.05) is 12.1 Å². The van der Waals surface area contributed by atoms with Crippen LogP contribution >= 0.6 is 0 Å². The second-order valence-electron chi connectivity index (χ2n) is 8.73. The van der Waals surface area contributed by atoms with Crippen molar-refractivity contribution in [1.82, 2.24) is 14.1 Å². The summed E-state index contributed by atoms with van der Waals surface area (Å²) < 4.78 is 35.6. The quantitative estimate of drug-likeness (QED) is 0.496. The van der Waals surface area contributed by atoms with Crippen LogP contribution in [-0.4, -0.2) is 61.2 Å². The summed E-state index contributed by atoms with van der Waals surface area (Å²) in [5, 5.41) is 6.84. The van der Waals surface area contributed by atoms with Crippen LogP contribution in [0.3, 0.4) is 0 Å². The first-order valence-corrected chi connectivity index (χ1v) is 13.6. The van der Waals surface area contributed by atoms with Gasteiger partial charge in [0, 0.05) is 50.3 Å². The van der Waals surface area contributed by atoms with Gasteiger partial charge in [0.15, 0.2) is 0 Å². The normalized spacial score (nSPS) is 14.6. The number of aryl methyl sites for hydroxylation is 2. The van der Waals surface area contributed by atoms with Crippen LogP contribution in [-0.2, 0) is 16.6 Å². The number of nitrogens with one attached hydrogen (secondary N) is 1. The van der Waals surface area contributed by atoms with E-state index < -0.39 is 15.9 Å². The van der Waals surface area contributed by atoms with Crippen LogP contribution in [0.1, 0.15) is 35.3 Å². The molecule has 0 bridgehead atoms. The van der Waals surface area contributed by atoms with Crippen LogP contribution in [0.4, 0.5) is 11.4 Å². The Hall–Kier alpha value is -3.37. The molecular formula is C26H33N5O4S. The molecule has 1 aliphatic heterocycles. The fourth-order valence-electron chi connectivity index (χ4n) is 4.28. The lowest BCUT2D eigenvalue weighted by Crippen LogP contribution is -2.49. The van der Waals surface area contributed by atoms with E-state index in [0.29, 0.717) is 50.8 Å². The zero-order valence-corrected chi connectivity index (χ0v) is 22.0. The van der Waals surface area contributed by atoms with Crippen LogP contribution < -0.4 is 15.0 Å². The Balaban J connectivity index is 1.53. The van der Waals surface area contributed by atoms with Crippen molar-refractivity contribution >= 4 is 27.3 Å². The Kier molecular flexibility index (Phi) is 7.65. The SMILES string of the molecule is CCOc1ccc(NC(=O)c2cn(CC)nc2S(=O)(=O)N2CCN(c3cccc(C)c3C)CC2)cc1. The molecule has 0 spiro atoms. The van der Waals surface area contributed by atoms with E-state index in [1.165, 1.54) is 26.3 Å². The fraction of sp³-hybridized carbons (Fsp3) is 0.385. The third kappa shape index (κ3) is 5.24. The summed E-state index contributed by atoms with van der Waals surface area (Å²) in [6.07, 6.45) is 1.49. The predicted octanol–water partition coefficient (Wildman–Crippen LogP) is 3.68. The number of benzene rings is 2. The zero-order chi connectivity index (χ0) is 25.9. The van der Waals surface area contributed by atoms with E-state index in [1.807, 2.05) is 19.9 Å². The lowest BCUT2D eigenvalue weighted by molar-refractivity contribution is 0.102. The van der Waals surface area contributed by atoms with Crippen molar-refractivity contribution in [1.29, 1.82) is 0 Å². The number of carbonyl (C=O) groups is 1. The molecule has 192 valence electrons. The van der Waals surface area contributed by atoms with Gasteiger partial charge in [0.1, 0.15) is 5.75 Å². The topological polar surface area (TPSA) is 96.8 Å². The number of anilines is 2. The molecule has 0 aliphatic carbocycles. The monoisotopic (exact) mass is 511 g/mol. The van der Waals surface area contributed by atoms with Crippen molar-refractivity contribution in [3.05, 3.63) is 65.4 Å². The number of rotatable bonds is 8. The molecule has 1 N–H and O–H groups in total. The number of nitrogens with zero attached hydrogens (tertiary/aromatic N) is 4. The van der Waals surface area contributed by atoms with E-state index in [0.717, 1.165) is 5.69 Å². The average molecular weight is 512 g/mol. The molecule has 3 aromatic rings. The molecule has 0 unspecified atom stereocenters. The summed E-state index contributed by atoms with van der Waals surface area (Å²) in [5.41, 5.74) is 4.10. The molecule has 1 saturated heterocycles. The van der Waals surface area contributed by atoms with E-state index in [-0.39, 0.29) is 10.6 Å². The molecule has 9 nitrogen and oxygen atoms in total. The predicted molar refractivity (Wildman–Crippen MR) is 140 cm³/mol. The van der Waals surface area contributed by atoms with Gasteiger partial charge in [-0.25, -0.2) is 8.42 Å². The first-order valence-electron chi connectivity index (χ1n) is 12.2. The van der Waals surface area contributed by atoms with Crippen molar-refractivity contribution in [2.24, 2.45) is 0 Å². The van der Waals surface area contributed by atoms with Crippen molar-refractivity contribution < 1.29 is 17.9 Å². The third-order valence-electron chi connectivity index (χ3n) is 6.46. The molecule has 0 saturated carbocycles. The van der Waals surface area contributed by atoms with E-state index in [9.17, 15) is 13.2 Å². The Morgan fingerprint density at radius 1 is 1.03 bits per heavy atom. The molecule has 10 heteroatoms. The summed E-state index contributed by atoms with van der Waals surface area (Å²) in [4.78, 5) is 15.3. The van der Waals surface area contributed by atoms with Crippen LogP contribution in [0.2, 0.25) is 0 Å². The Morgan fingerprint density at radius 2 is 1.72 bits per heavy atom. The number of amides is 1. The van der Waals surface area contributed by atoms with Crippen molar-refractivity contribution in [2.75, 3.05) is 43.0 Å². The molecule has 1 aromatic heterocycles. The number of sulfonamides is 1. The maximum absolute atomic E-state index is 13.6. The summed E-state index contributed by atoms with van der Waals surface area (Å²) >= 11 is 0. The Labute approximate surface area is 212 Å². The molecule has 1 amide bonds. The number of hydrogen-bond donors (Lipinski definition) is 1. The molecule has 1 aliphatic rings. The number of hydrogen-bond acceptors (Lipinski definition) is 6. The standard InChI is InChI=1S/C26H33N5O4S/c1-5-30-18-23(25(32)27-21-10-12-22(13-11-21)35-6-2)26(28-30)36(33,34)31-16-14-29(15-17-31)24-9-7-8-19(3)20(24)4/h7-13,18H,5-6,14-17H2,1-4H3,(H,27,32). The molecule has 2 heterocycles. The van der Waals surface area contributed by atoms with E-state index in [1.54, 1.807) is 24.3 Å². The third-order valence-corrected chi connectivity index (χ3v) is 8.29. The van der Waals surface area contributed by atoms with Crippen LogP contribution in [0.25, 0.3) is 0 Å². The van der Waals surface area contributed by atoms with E-state index in [2.05, 4.69) is 41.3 Å². The van der Waals surface area contributed by atoms with Gasteiger partial charge in [0.05, 0.1) is 12.2 Å². The minimum absolute atomic E-state index is 0.0303. The second kappa shape index (κ2) is 10.7. The molecule has 0 radical (unpaired) electrons. The number of carbonyl (C=O) groups excluding carboxylic acids is 1. The van der Waals surface area contributed by atoms with Gasteiger partial charge in [0.2, 0.25) is 5.03 Å². The molecule has 4 rings (SSSR count). The maximum Gasteiger partial charge on any atom is 0.263 e. The fourth-order valence-corrected chi connectivity index (χ4v) is 5.80. The average Bonchev–Trinajstić information content (AvgIpc) is 3.33. The highest BCUT2D eigenvalue weighted by molar-refractivity contribution is 7.89. The lowest BCUT2D eigenvalue weighted by atomic mass is 10.1. The van der Waals surface area contributed by atoms with Crippen LogP contribution in [0.5, 0.6) is 5.75 Å². The van der Waals surface area contributed by atoms with Gasteiger partial charge in [-0.2, -0.15) is 9.40 Å². The first-order chi connectivity index (χ1) is 17.2. The van der Waals surface area contributed by atoms with Crippen molar-refractivity contribution in [3.63, 3.8) is 0 Å². The highest BCUT2D eigenvalue weighted by Crippen LogP contribution is 2.27. The largest absolute Gasteiger partial charge is 0.494 e. The van der Waals surface area contributed by atoms with Gasteiger partial charge in [0.25, 0.3) is 15.9 Å². The highest BCUT2D eigenvalue weighted by atomic mass is 32.2. The summed E-state index contributed by atoms with van der Waals surface area (Å²) in [7, 11) is -3.96. The molecule has 0 atom stereocenters. The summed E-state index contributed by atoms with van der Waals surface area (Å²) in [6.45, 7) is 10.6. The minimum atomic E-state index is -3.96. The second-order valence-corrected chi connectivity index (χ2v) is 10.6. The van der Waals surface area contributed by atoms with Crippen molar-refractivity contribution in [3.8, 4) is 5.75 Å². The van der Waals surface area contributed by atoms with Gasteiger partial charge in [-0.15, -0.1) is 0 Å². The van der Waals surface area contributed by atoms with Gasteiger partial charge >= 0.3 is 0 Å². The summed E-state index contributed by atoms with van der Waals surface area (Å²) in [6, 6.07) is 13.1. The smallest absolute Gasteiger partial charge is 0.263 e. The first kappa shape index (κ1) is 25.7. The number of piperazine rings is 1. The molecule has 2 aromatic carbocycles. The molecular weight excluding hydrogens is 478 g/mol. The maximum atomic E-state index is 13.6.